The Kier molecular flexibility index (Phi) is 7.47. The van der Waals surface area contributed by atoms with Gasteiger partial charge in [-0.1, -0.05) is 30.3 Å². The van der Waals surface area contributed by atoms with Crippen molar-refractivity contribution in [2.45, 2.75) is 32.0 Å². The number of aliphatic hydroxyl groups excluding tert-OH is 1. The molecule has 2 rings (SSSR count). The Bertz CT molecular complexity index is 591. The molecule has 0 aliphatic heterocycles. The van der Waals surface area contributed by atoms with Gasteiger partial charge in [0.05, 0.1) is 6.10 Å². The number of hydrogen-bond donors (Lipinski definition) is 3. The van der Waals surface area contributed by atoms with Crippen LogP contribution in [0, 0.1) is 0 Å². The third-order valence-corrected chi connectivity index (χ3v) is 3.97. The van der Waals surface area contributed by atoms with E-state index in [2.05, 4.69) is 10.3 Å². The number of nitrogens with one attached hydrogen (secondary N) is 1. The van der Waals surface area contributed by atoms with E-state index in [0.29, 0.717) is 18.7 Å². The van der Waals surface area contributed by atoms with Gasteiger partial charge in [-0.3, -0.25) is 4.79 Å². The van der Waals surface area contributed by atoms with Crippen LogP contribution in [0.25, 0.3) is 0 Å². The topological polar surface area (TPSA) is 88.2 Å². The van der Waals surface area contributed by atoms with E-state index in [1.807, 2.05) is 37.3 Å². The van der Waals surface area contributed by atoms with Crippen LogP contribution in [0.2, 0.25) is 0 Å². The number of amides is 1. The molecule has 1 amide bonds. The van der Waals surface area contributed by atoms with Gasteiger partial charge < -0.3 is 16.2 Å². The minimum atomic E-state index is -0.600. The second-order valence-corrected chi connectivity index (χ2v) is 5.81. The number of halogens is 1. The Hall–Kier alpha value is -1.47. The Morgan fingerprint density at radius 2 is 2.09 bits per heavy atom. The van der Waals surface area contributed by atoms with Crippen molar-refractivity contribution < 1.29 is 9.90 Å². The van der Waals surface area contributed by atoms with Crippen molar-refractivity contribution in [1.82, 2.24) is 10.3 Å². The van der Waals surface area contributed by atoms with Crippen LogP contribution in [0.4, 0.5) is 0 Å². The lowest BCUT2D eigenvalue weighted by molar-refractivity contribution is 0.0912. The maximum Gasteiger partial charge on any atom is 0.270 e. The molecule has 22 heavy (non-hydrogen) atoms. The Morgan fingerprint density at radius 1 is 1.41 bits per heavy atom. The second kappa shape index (κ2) is 8.85. The van der Waals surface area contributed by atoms with Crippen molar-refractivity contribution >= 4 is 29.7 Å². The lowest BCUT2D eigenvalue weighted by Gasteiger charge is -2.17. The summed E-state index contributed by atoms with van der Waals surface area (Å²) >= 11 is 1.37. The molecule has 1 heterocycles. The number of benzene rings is 1. The molecule has 0 saturated carbocycles. The van der Waals surface area contributed by atoms with Crippen LogP contribution >= 0.6 is 23.7 Å². The molecule has 0 aliphatic carbocycles. The highest BCUT2D eigenvalue weighted by atomic mass is 35.5. The Labute approximate surface area is 140 Å². The van der Waals surface area contributed by atoms with Crippen molar-refractivity contribution in [2.75, 3.05) is 0 Å². The average Bonchev–Trinajstić information content (AvgIpc) is 2.97. The van der Waals surface area contributed by atoms with E-state index >= 15 is 0 Å². The molecule has 0 bridgehead atoms. The first-order valence-electron chi connectivity index (χ1n) is 6.78. The fraction of sp³-hybridized carbons (Fsp3) is 0.333. The standard InChI is InChI=1S/C15H19N3O2S.ClH/c1-10(7-13(19)11-5-3-2-4-6-11)17-15(20)12-9-21-14(8-16)18-12;/h2-6,9-10,13,19H,7-8,16H2,1H3,(H,17,20);1H. The van der Waals surface area contributed by atoms with Gasteiger partial charge in [-0.25, -0.2) is 4.98 Å². The van der Waals surface area contributed by atoms with E-state index in [4.69, 9.17) is 5.73 Å². The molecule has 0 spiro atoms. The fourth-order valence-electron chi connectivity index (χ4n) is 2.01. The first-order valence-corrected chi connectivity index (χ1v) is 7.66. The molecular weight excluding hydrogens is 322 g/mol. The van der Waals surface area contributed by atoms with Gasteiger partial charge in [0, 0.05) is 18.0 Å². The second-order valence-electron chi connectivity index (χ2n) is 4.87. The van der Waals surface area contributed by atoms with Crippen molar-refractivity contribution in [3.05, 3.63) is 52.0 Å². The number of nitrogens with two attached hydrogens (primary N) is 1. The molecule has 0 fully saturated rings. The first kappa shape index (κ1) is 18.6. The summed E-state index contributed by atoms with van der Waals surface area (Å²) in [5.41, 5.74) is 6.70. The van der Waals surface area contributed by atoms with E-state index in [1.165, 1.54) is 11.3 Å². The number of thiazole rings is 1. The molecule has 0 saturated heterocycles. The van der Waals surface area contributed by atoms with E-state index in [1.54, 1.807) is 5.38 Å². The van der Waals surface area contributed by atoms with Gasteiger partial charge in [0.25, 0.3) is 5.91 Å². The summed E-state index contributed by atoms with van der Waals surface area (Å²) in [6.07, 6.45) is -0.152. The highest BCUT2D eigenvalue weighted by Gasteiger charge is 2.16. The normalized spacial score (nSPS) is 13.0. The summed E-state index contributed by atoms with van der Waals surface area (Å²) < 4.78 is 0. The number of hydrogen-bond acceptors (Lipinski definition) is 5. The lowest BCUT2D eigenvalue weighted by atomic mass is 10.0. The van der Waals surface area contributed by atoms with Crippen LogP contribution in [0.3, 0.4) is 0 Å². The SMILES string of the molecule is CC(CC(O)c1ccccc1)NC(=O)c1csc(CN)n1.Cl. The van der Waals surface area contributed by atoms with Crippen molar-refractivity contribution in [2.24, 2.45) is 5.73 Å². The predicted molar refractivity (Wildman–Crippen MR) is 90.2 cm³/mol. The number of aliphatic hydroxyl groups is 1. The molecular formula is C15H20ClN3O2S. The summed E-state index contributed by atoms with van der Waals surface area (Å²) in [5.74, 6) is -0.237. The average molecular weight is 342 g/mol. The van der Waals surface area contributed by atoms with Gasteiger partial charge in [0.1, 0.15) is 10.7 Å². The van der Waals surface area contributed by atoms with E-state index in [9.17, 15) is 9.90 Å². The largest absolute Gasteiger partial charge is 0.388 e. The highest BCUT2D eigenvalue weighted by Crippen LogP contribution is 2.18. The van der Waals surface area contributed by atoms with Crippen molar-refractivity contribution in [1.29, 1.82) is 0 Å². The third-order valence-electron chi connectivity index (χ3n) is 3.10. The number of carbonyl (C=O) groups excluding carboxylic acids is 1. The summed E-state index contributed by atoms with van der Waals surface area (Å²) in [6, 6.07) is 9.24. The van der Waals surface area contributed by atoms with Crippen LogP contribution in [0.5, 0.6) is 0 Å². The molecule has 5 nitrogen and oxygen atoms in total. The zero-order valence-electron chi connectivity index (χ0n) is 12.2. The molecule has 1 aromatic heterocycles. The Balaban J connectivity index is 0.00000242. The highest BCUT2D eigenvalue weighted by molar-refractivity contribution is 7.09. The van der Waals surface area contributed by atoms with Crippen LogP contribution in [0.1, 0.15) is 40.5 Å². The van der Waals surface area contributed by atoms with E-state index in [0.717, 1.165) is 10.6 Å². The number of rotatable bonds is 6. The van der Waals surface area contributed by atoms with Crippen LogP contribution in [-0.4, -0.2) is 22.0 Å². The monoisotopic (exact) mass is 341 g/mol. The summed E-state index contributed by atoms with van der Waals surface area (Å²) in [7, 11) is 0. The molecule has 0 aliphatic rings. The maximum absolute atomic E-state index is 12.0. The molecule has 1 aromatic carbocycles. The summed E-state index contributed by atoms with van der Waals surface area (Å²) in [5, 5.41) is 15.4. The molecule has 7 heteroatoms. The maximum atomic E-state index is 12.0. The fourth-order valence-corrected chi connectivity index (χ4v) is 2.67. The molecule has 2 aromatic rings. The zero-order valence-corrected chi connectivity index (χ0v) is 13.9. The predicted octanol–water partition coefficient (Wildman–Crippen LogP) is 2.27. The van der Waals surface area contributed by atoms with E-state index < -0.39 is 6.10 Å². The first-order chi connectivity index (χ1) is 10.1. The number of nitrogens with zero attached hydrogens (tertiary/aromatic N) is 1. The lowest BCUT2D eigenvalue weighted by Crippen LogP contribution is -2.34. The quantitative estimate of drug-likeness (QED) is 0.752. The number of carbonyl (C=O) groups is 1. The van der Waals surface area contributed by atoms with Crippen LogP contribution < -0.4 is 11.1 Å². The van der Waals surface area contributed by atoms with Gasteiger partial charge in [-0.15, -0.1) is 23.7 Å². The zero-order chi connectivity index (χ0) is 15.2. The minimum Gasteiger partial charge on any atom is -0.388 e. The molecule has 2 atom stereocenters. The van der Waals surface area contributed by atoms with Crippen LogP contribution in [0.15, 0.2) is 35.7 Å². The smallest absolute Gasteiger partial charge is 0.270 e. The molecule has 4 N–H and O–H groups in total. The van der Waals surface area contributed by atoms with E-state index in [-0.39, 0.29) is 24.4 Å². The third kappa shape index (κ3) is 5.06. The van der Waals surface area contributed by atoms with Crippen molar-refractivity contribution in [3.63, 3.8) is 0 Å². The van der Waals surface area contributed by atoms with Gasteiger partial charge in [-0.2, -0.15) is 0 Å². The molecule has 0 radical (unpaired) electrons. The Morgan fingerprint density at radius 3 is 2.68 bits per heavy atom. The minimum absolute atomic E-state index is 0. The van der Waals surface area contributed by atoms with Gasteiger partial charge >= 0.3 is 0 Å². The molecule has 120 valence electrons. The summed E-state index contributed by atoms with van der Waals surface area (Å²) in [4.78, 5) is 16.2. The van der Waals surface area contributed by atoms with Gasteiger partial charge in [-0.05, 0) is 18.9 Å². The van der Waals surface area contributed by atoms with Gasteiger partial charge in [0.2, 0.25) is 0 Å². The summed E-state index contributed by atoms with van der Waals surface area (Å²) in [6.45, 7) is 2.19. The van der Waals surface area contributed by atoms with Gasteiger partial charge in [0.15, 0.2) is 0 Å². The molecule has 2 unspecified atom stereocenters. The number of aromatic nitrogens is 1. The van der Waals surface area contributed by atoms with Crippen molar-refractivity contribution in [3.8, 4) is 0 Å². The van der Waals surface area contributed by atoms with Crippen LogP contribution in [-0.2, 0) is 6.54 Å².